The van der Waals surface area contributed by atoms with Crippen molar-refractivity contribution in [2.24, 2.45) is 7.05 Å². The zero-order chi connectivity index (χ0) is 11.9. The summed E-state index contributed by atoms with van der Waals surface area (Å²) in [4.78, 5) is 0. The summed E-state index contributed by atoms with van der Waals surface area (Å²) in [6.45, 7) is 0. The predicted octanol–water partition coefficient (Wildman–Crippen LogP) is 1.43. The summed E-state index contributed by atoms with van der Waals surface area (Å²) in [7, 11) is -1.31. The highest BCUT2D eigenvalue weighted by Gasteiger charge is 2.12. The summed E-state index contributed by atoms with van der Waals surface area (Å²) in [5, 5.41) is 10.5. The molecule has 0 unspecified atom stereocenters. The maximum Gasteiger partial charge on any atom is 0.153 e. The van der Waals surface area contributed by atoms with Crippen LogP contribution in [-0.2, 0) is 22.6 Å². The van der Waals surface area contributed by atoms with E-state index in [0.717, 1.165) is 5.39 Å². The number of benzene rings is 1. The van der Waals surface area contributed by atoms with Gasteiger partial charge >= 0.3 is 0 Å². The summed E-state index contributed by atoms with van der Waals surface area (Å²) in [5.41, 5.74) is 1.35. The molecule has 1 heterocycles. The van der Waals surface area contributed by atoms with Crippen LogP contribution in [0.2, 0.25) is 0 Å². The van der Waals surface area contributed by atoms with Crippen molar-refractivity contribution in [2.45, 2.75) is 5.75 Å². The lowest BCUT2D eigenvalue weighted by molar-refractivity contribution is 0.478. The molecule has 0 radical (unpaired) electrons. The van der Waals surface area contributed by atoms with Crippen molar-refractivity contribution in [3.8, 4) is 5.75 Å². The van der Waals surface area contributed by atoms with E-state index in [9.17, 15) is 13.5 Å². The van der Waals surface area contributed by atoms with Crippen molar-refractivity contribution in [1.29, 1.82) is 0 Å². The average molecular weight is 239 g/mol. The van der Waals surface area contributed by atoms with Gasteiger partial charge in [-0.2, -0.15) is 0 Å². The molecule has 2 aromatic rings. The number of phenols is 1. The first-order chi connectivity index (χ1) is 7.38. The lowest BCUT2D eigenvalue weighted by atomic mass is 10.2. The Bertz CT molecular complexity index is 641. The van der Waals surface area contributed by atoms with E-state index in [1.54, 1.807) is 29.8 Å². The Labute approximate surface area is 94.0 Å². The van der Waals surface area contributed by atoms with E-state index in [0.29, 0.717) is 11.2 Å². The number of nitrogens with zero attached hydrogens (tertiary/aromatic N) is 1. The van der Waals surface area contributed by atoms with Crippen LogP contribution in [0.5, 0.6) is 5.75 Å². The summed E-state index contributed by atoms with van der Waals surface area (Å²) in [6.07, 6.45) is 1.20. The van der Waals surface area contributed by atoms with E-state index in [4.69, 9.17) is 0 Å². The van der Waals surface area contributed by atoms with E-state index in [1.165, 1.54) is 6.26 Å². The molecular weight excluding hydrogens is 226 g/mol. The molecule has 0 aliphatic rings. The highest BCUT2D eigenvalue weighted by atomic mass is 32.2. The van der Waals surface area contributed by atoms with Gasteiger partial charge in [-0.05, 0) is 12.1 Å². The van der Waals surface area contributed by atoms with Crippen LogP contribution in [-0.4, -0.2) is 24.3 Å². The van der Waals surface area contributed by atoms with Gasteiger partial charge in [0.25, 0.3) is 0 Å². The Kier molecular flexibility index (Phi) is 2.42. The van der Waals surface area contributed by atoms with Gasteiger partial charge in [0.05, 0.1) is 11.3 Å². The minimum absolute atomic E-state index is 0.0163. The van der Waals surface area contributed by atoms with Crippen LogP contribution >= 0.6 is 0 Å². The third-order valence-corrected chi connectivity index (χ3v) is 3.36. The molecule has 0 aliphatic carbocycles. The second kappa shape index (κ2) is 3.52. The Morgan fingerprint density at radius 1 is 1.38 bits per heavy atom. The van der Waals surface area contributed by atoms with E-state index < -0.39 is 9.84 Å². The van der Waals surface area contributed by atoms with Gasteiger partial charge in [-0.1, -0.05) is 12.1 Å². The highest BCUT2D eigenvalue weighted by molar-refractivity contribution is 7.89. The van der Waals surface area contributed by atoms with Gasteiger partial charge in [0.2, 0.25) is 0 Å². The largest absolute Gasteiger partial charge is 0.506 e. The summed E-state index contributed by atoms with van der Waals surface area (Å²) in [6, 6.07) is 6.96. The molecule has 0 spiro atoms. The molecule has 4 nitrogen and oxygen atoms in total. The van der Waals surface area contributed by atoms with Crippen molar-refractivity contribution < 1.29 is 13.5 Å². The second-order valence-electron chi connectivity index (χ2n) is 3.98. The molecule has 5 heteroatoms. The van der Waals surface area contributed by atoms with Crippen LogP contribution in [0.25, 0.3) is 10.9 Å². The first kappa shape index (κ1) is 11.0. The average Bonchev–Trinajstić information content (AvgIpc) is 2.42. The number of rotatable bonds is 2. The maximum atomic E-state index is 11.2. The number of fused-ring (bicyclic) bond motifs is 1. The molecule has 0 aliphatic heterocycles. The zero-order valence-corrected chi connectivity index (χ0v) is 9.95. The molecule has 0 amide bonds. The summed E-state index contributed by atoms with van der Waals surface area (Å²) < 4.78 is 24.2. The van der Waals surface area contributed by atoms with Crippen molar-refractivity contribution in [1.82, 2.24) is 4.57 Å². The van der Waals surface area contributed by atoms with Gasteiger partial charge < -0.3 is 9.67 Å². The third kappa shape index (κ3) is 1.90. The summed E-state index contributed by atoms with van der Waals surface area (Å²) >= 11 is 0. The first-order valence-corrected chi connectivity index (χ1v) is 6.88. The Morgan fingerprint density at radius 3 is 2.62 bits per heavy atom. The number of phenolic OH excluding ortho intramolecular Hbond substituents is 1. The van der Waals surface area contributed by atoms with Gasteiger partial charge in [0.15, 0.2) is 9.84 Å². The lowest BCUT2D eigenvalue weighted by Gasteiger charge is -2.03. The van der Waals surface area contributed by atoms with Crippen molar-refractivity contribution >= 4 is 20.7 Å². The Morgan fingerprint density at radius 2 is 2.06 bits per heavy atom. The van der Waals surface area contributed by atoms with Crippen LogP contribution in [0, 0.1) is 0 Å². The smallest absolute Gasteiger partial charge is 0.153 e. The van der Waals surface area contributed by atoms with Crippen LogP contribution in [0.15, 0.2) is 24.3 Å². The molecule has 1 aromatic heterocycles. The molecule has 16 heavy (non-hydrogen) atoms. The topological polar surface area (TPSA) is 59.3 Å². The number of hydrogen-bond acceptors (Lipinski definition) is 3. The van der Waals surface area contributed by atoms with Crippen LogP contribution < -0.4 is 0 Å². The number of sulfone groups is 1. The van der Waals surface area contributed by atoms with Gasteiger partial charge in [-0.3, -0.25) is 0 Å². The molecular formula is C11H13NO3S. The monoisotopic (exact) mass is 239 g/mol. The number of para-hydroxylation sites is 1. The predicted molar refractivity (Wildman–Crippen MR) is 63.1 cm³/mol. The van der Waals surface area contributed by atoms with E-state index >= 15 is 0 Å². The Balaban J connectivity index is 2.66. The minimum atomic E-state index is -3.06. The molecule has 0 atom stereocenters. The zero-order valence-electron chi connectivity index (χ0n) is 9.14. The third-order valence-electron chi connectivity index (χ3n) is 2.54. The highest BCUT2D eigenvalue weighted by Crippen LogP contribution is 2.27. The fraction of sp³-hybridized carbons (Fsp3) is 0.273. The van der Waals surface area contributed by atoms with Gasteiger partial charge in [0.1, 0.15) is 5.75 Å². The molecule has 0 fully saturated rings. The number of aryl methyl sites for hydroxylation is 1. The van der Waals surface area contributed by atoms with E-state index in [2.05, 4.69) is 0 Å². The second-order valence-corrected chi connectivity index (χ2v) is 6.12. The van der Waals surface area contributed by atoms with Gasteiger partial charge in [-0.25, -0.2) is 8.42 Å². The fourth-order valence-electron chi connectivity index (χ4n) is 1.86. The van der Waals surface area contributed by atoms with Crippen molar-refractivity contribution in [3.63, 3.8) is 0 Å². The normalized spacial score (nSPS) is 12.1. The molecule has 86 valence electrons. The van der Waals surface area contributed by atoms with Crippen molar-refractivity contribution in [3.05, 3.63) is 30.0 Å². The van der Waals surface area contributed by atoms with Crippen LogP contribution in [0.3, 0.4) is 0 Å². The minimum Gasteiger partial charge on any atom is -0.506 e. The molecule has 0 saturated heterocycles. The quantitative estimate of drug-likeness (QED) is 0.862. The maximum absolute atomic E-state index is 11.2. The van der Waals surface area contributed by atoms with Crippen molar-refractivity contribution in [2.75, 3.05) is 6.26 Å². The number of aromatic hydroxyl groups is 1. The fourth-order valence-corrected chi connectivity index (χ4v) is 2.67. The summed E-state index contributed by atoms with van der Waals surface area (Å²) in [5.74, 6) is 0.150. The Hall–Kier alpha value is -1.49. The van der Waals surface area contributed by atoms with Crippen LogP contribution in [0.4, 0.5) is 0 Å². The SMILES string of the molecule is Cn1c(CS(C)(=O)=O)cc2cccc(O)c21. The molecule has 1 N–H and O–H groups in total. The lowest BCUT2D eigenvalue weighted by Crippen LogP contribution is -2.05. The number of hydrogen-bond donors (Lipinski definition) is 1. The van der Waals surface area contributed by atoms with Crippen LogP contribution in [0.1, 0.15) is 5.69 Å². The molecule has 2 rings (SSSR count). The standard InChI is InChI=1S/C11H13NO3S/c1-12-9(7-16(2,14)15)6-8-4-3-5-10(13)11(8)12/h3-6,13H,7H2,1-2H3. The molecule has 1 aromatic carbocycles. The van der Waals surface area contributed by atoms with E-state index in [1.807, 2.05) is 6.07 Å². The number of aromatic nitrogens is 1. The van der Waals surface area contributed by atoms with E-state index in [-0.39, 0.29) is 11.5 Å². The van der Waals surface area contributed by atoms with Gasteiger partial charge in [-0.15, -0.1) is 0 Å². The molecule has 0 saturated carbocycles. The molecule has 0 bridgehead atoms. The first-order valence-electron chi connectivity index (χ1n) is 4.82. The van der Waals surface area contributed by atoms with Gasteiger partial charge in [0, 0.05) is 24.4 Å².